The van der Waals surface area contributed by atoms with Gasteiger partial charge in [0.15, 0.2) is 0 Å². The summed E-state index contributed by atoms with van der Waals surface area (Å²) in [4.78, 5) is 0. The molecule has 0 amide bonds. The minimum absolute atomic E-state index is 0.349. The largest absolute Gasteiger partial charge is 0.398 e. The van der Waals surface area contributed by atoms with E-state index in [0.717, 1.165) is 11.1 Å². The number of nitrogens with two attached hydrogens (primary N) is 1. The van der Waals surface area contributed by atoms with Crippen LogP contribution in [0.15, 0.2) is 24.3 Å². The van der Waals surface area contributed by atoms with Crippen molar-refractivity contribution in [2.24, 2.45) is 0 Å². The molecule has 94 valence electrons. The van der Waals surface area contributed by atoms with Crippen molar-refractivity contribution in [3.63, 3.8) is 0 Å². The van der Waals surface area contributed by atoms with Crippen LogP contribution in [0.4, 0.5) is 5.69 Å². The van der Waals surface area contributed by atoms with Crippen molar-refractivity contribution < 1.29 is 0 Å². The van der Waals surface area contributed by atoms with Gasteiger partial charge >= 0.3 is 0 Å². The second-order valence-corrected chi connectivity index (χ2v) is 5.50. The lowest BCUT2D eigenvalue weighted by molar-refractivity contribution is 1.47. The Hall–Kier alpha value is -0.600. The first-order valence-corrected chi connectivity index (χ1v) is 6.62. The molecule has 0 fully saturated rings. The molecule has 0 aliphatic carbocycles. The first-order chi connectivity index (χ1) is 8.41. The molecule has 0 saturated heterocycles. The zero-order valence-corrected chi connectivity index (χ0v) is 12.4. The topological polar surface area (TPSA) is 26.0 Å². The van der Waals surface area contributed by atoms with Crippen molar-refractivity contribution in [3.8, 4) is 11.1 Å². The summed E-state index contributed by atoms with van der Waals surface area (Å²) < 4.78 is 0. The smallest absolute Gasteiger partial charge is 0.0687 e. The highest BCUT2D eigenvalue weighted by Gasteiger charge is 2.17. The summed E-state index contributed by atoms with van der Waals surface area (Å²) in [6, 6.07) is 7.12. The van der Waals surface area contributed by atoms with Gasteiger partial charge in [0.25, 0.3) is 0 Å². The maximum atomic E-state index is 6.20. The molecule has 0 unspecified atom stereocenters. The van der Waals surface area contributed by atoms with Gasteiger partial charge in [-0.05, 0) is 25.1 Å². The second-order valence-electron chi connectivity index (χ2n) is 3.93. The van der Waals surface area contributed by atoms with Gasteiger partial charge in [-0.3, -0.25) is 0 Å². The molecule has 0 aromatic heterocycles. The van der Waals surface area contributed by atoms with Crippen molar-refractivity contribution >= 4 is 52.1 Å². The first kappa shape index (κ1) is 13.8. The Bertz CT molecular complexity index is 597. The fourth-order valence-electron chi connectivity index (χ4n) is 1.70. The Labute approximate surface area is 125 Å². The fraction of sp³-hybridized carbons (Fsp3) is 0.0769. The van der Waals surface area contributed by atoms with E-state index in [1.807, 2.05) is 19.1 Å². The van der Waals surface area contributed by atoms with Crippen LogP contribution in [0.2, 0.25) is 20.1 Å². The van der Waals surface area contributed by atoms with Gasteiger partial charge in [0.1, 0.15) is 0 Å². The second kappa shape index (κ2) is 5.18. The number of aryl methyl sites for hydroxylation is 1. The average molecular weight is 321 g/mol. The van der Waals surface area contributed by atoms with Gasteiger partial charge in [-0.25, -0.2) is 0 Å². The zero-order chi connectivity index (χ0) is 13.4. The lowest BCUT2D eigenvalue weighted by Crippen LogP contribution is -1.93. The molecule has 0 aliphatic rings. The Morgan fingerprint density at radius 1 is 0.889 bits per heavy atom. The molecule has 0 aliphatic heterocycles. The SMILES string of the molecule is Cc1ccc(N)c(-c2c(Cl)c(Cl)cc(Cl)c2Cl)c1. The molecule has 2 aromatic rings. The van der Waals surface area contributed by atoms with Crippen molar-refractivity contribution in [1.29, 1.82) is 0 Å². The average Bonchev–Trinajstić information content (AvgIpc) is 2.31. The van der Waals surface area contributed by atoms with E-state index in [-0.39, 0.29) is 0 Å². The van der Waals surface area contributed by atoms with Crippen LogP contribution in [0.3, 0.4) is 0 Å². The number of nitrogen functional groups attached to an aromatic ring is 1. The number of hydrogen-bond acceptors (Lipinski definition) is 1. The van der Waals surface area contributed by atoms with Crippen molar-refractivity contribution in [3.05, 3.63) is 49.9 Å². The fourth-order valence-corrected chi connectivity index (χ4v) is 2.71. The quantitative estimate of drug-likeness (QED) is 0.517. The summed E-state index contributed by atoms with van der Waals surface area (Å²) in [5.74, 6) is 0. The van der Waals surface area contributed by atoms with Crippen LogP contribution in [0.5, 0.6) is 0 Å². The van der Waals surface area contributed by atoms with Gasteiger partial charge in [0.2, 0.25) is 0 Å². The molecule has 0 saturated carbocycles. The van der Waals surface area contributed by atoms with Crippen LogP contribution in [0.1, 0.15) is 5.56 Å². The molecule has 0 spiro atoms. The van der Waals surface area contributed by atoms with E-state index >= 15 is 0 Å². The van der Waals surface area contributed by atoms with Gasteiger partial charge in [-0.1, -0.05) is 58.0 Å². The van der Waals surface area contributed by atoms with Gasteiger partial charge < -0.3 is 5.73 Å². The molecule has 0 heterocycles. The Balaban J connectivity index is 2.82. The molecule has 18 heavy (non-hydrogen) atoms. The summed E-state index contributed by atoms with van der Waals surface area (Å²) in [7, 11) is 0. The molecule has 0 atom stereocenters. The predicted molar refractivity (Wildman–Crippen MR) is 81.1 cm³/mol. The molecule has 0 bridgehead atoms. The van der Waals surface area contributed by atoms with E-state index in [1.165, 1.54) is 6.07 Å². The van der Waals surface area contributed by atoms with Crippen molar-refractivity contribution in [2.75, 3.05) is 5.73 Å². The lowest BCUT2D eigenvalue weighted by atomic mass is 10.0. The summed E-state index contributed by atoms with van der Waals surface area (Å²) >= 11 is 24.4. The predicted octanol–water partition coefficient (Wildman–Crippen LogP) is 5.86. The third kappa shape index (κ3) is 2.41. The standard InChI is InChI=1S/C13H9Cl4N/c1-6-2-3-10(18)7(4-6)11-12(16)8(14)5-9(15)13(11)17/h2-5H,18H2,1H3. The van der Waals surface area contributed by atoms with Gasteiger partial charge in [-0.2, -0.15) is 0 Å². The van der Waals surface area contributed by atoms with E-state index < -0.39 is 0 Å². The molecular weight excluding hydrogens is 312 g/mol. The molecule has 5 heteroatoms. The molecule has 2 rings (SSSR count). The molecule has 1 nitrogen and oxygen atoms in total. The summed E-state index contributed by atoms with van der Waals surface area (Å²) in [6.45, 7) is 1.96. The third-order valence-electron chi connectivity index (χ3n) is 2.59. The lowest BCUT2D eigenvalue weighted by Gasteiger charge is -2.13. The number of hydrogen-bond donors (Lipinski definition) is 1. The highest BCUT2D eigenvalue weighted by Crippen LogP contribution is 2.45. The maximum Gasteiger partial charge on any atom is 0.0687 e. The van der Waals surface area contributed by atoms with Crippen molar-refractivity contribution in [2.45, 2.75) is 6.92 Å². The number of halogens is 4. The molecule has 2 N–H and O–H groups in total. The van der Waals surface area contributed by atoms with Crippen LogP contribution in [-0.4, -0.2) is 0 Å². The number of rotatable bonds is 1. The van der Waals surface area contributed by atoms with Crippen LogP contribution >= 0.6 is 46.4 Å². The highest BCUT2D eigenvalue weighted by atomic mass is 35.5. The Morgan fingerprint density at radius 3 is 2.00 bits per heavy atom. The Kier molecular flexibility index (Phi) is 3.98. The van der Waals surface area contributed by atoms with Crippen LogP contribution in [0.25, 0.3) is 11.1 Å². The van der Waals surface area contributed by atoms with E-state index in [2.05, 4.69) is 0 Å². The van der Waals surface area contributed by atoms with E-state index in [4.69, 9.17) is 52.1 Å². The van der Waals surface area contributed by atoms with Crippen LogP contribution < -0.4 is 5.73 Å². The summed E-state index contributed by atoms with van der Waals surface area (Å²) in [5, 5.41) is 1.40. The Morgan fingerprint density at radius 2 is 1.44 bits per heavy atom. The number of anilines is 1. The van der Waals surface area contributed by atoms with Gasteiger partial charge in [-0.15, -0.1) is 0 Å². The van der Waals surface area contributed by atoms with Crippen LogP contribution in [0, 0.1) is 6.92 Å². The first-order valence-electron chi connectivity index (χ1n) is 5.11. The molecular formula is C13H9Cl4N. The monoisotopic (exact) mass is 319 g/mol. The minimum atomic E-state index is 0.349. The van der Waals surface area contributed by atoms with Crippen molar-refractivity contribution in [1.82, 2.24) is 0 Å². The molecule has 2 aromatic carbocycles. The highest BCUT2D eigenvalue weighted by molar-refractivity contribution is 6.50. The van der Waals surface area contributed by atoms with Gasteiger partial charge in [0, 0.05) is 16.8 Å². The normalized spacial score (nSPS) is 10.7. The zero-order valence-electron chi connectivity index (χ0n) is 9.40. The van der Waals surface area contributed by atoms with E-state index in [0.29, 0.717) is 31.3 Å². The van der Waals surface area contributed by atoms with Gasteiger partial charge in [0.05, 0.1) is 20.1 Å². The maximum absolute atomic E-state index is 6.20. The summed E-state index contributed by atoms with van der Waals surface area (Å²) in [6.07, 6.45) is 0. The number of benzene rings is 2. The van der Waals surface area contributed by atoms with E-state index in [1.54, 1.807) is 6.07 Å². The summed E-state index contributed by atoms with van der Waals surface area (Å²) in [5.41, 5.74) is 8.87. The minimum Gasteiger partial charge on any atom is -0.398 e. The third-order valence-corrected chi connectivity index (χ3v) is 4.16. The molecule has 0 radical (unpaired) electrons. The van der Waals surface area contributed by atoms with E-state index in [9.17, 15) is 0 Å². The van der Waals surface area contributed by atoms with Crippen LogP contribution in [-0.2, 0) is 0 Å².